The van der Waals surface area contributed by atoms with Crippen molar-refractivity contribution in [1.82, 2.24) is 25.5 Å². The number of hydrogen-bond acceptors (Lipinski definition) is 6. The molecule has 1 aliphatic rings. The molecule has 10 heteroatoms. The quantitative estimate of drug-likeness (QED) is 0.139. The van der Waals surface area contributed by atoms with Crippen LogP contribution in [0.4, 0.5) is 0 Å². The zero-order valence-corrected chi connectivity index (χ0v) is 26.2. The van der Waals surface area contributed by atoms with E-state index in [-0.39, 0.29) is 43.1 Å². The highest BCUT2D eigenvalue weighted by Crippen LogP contribution is 2.30. The van der Waals surface area contributed by atoms with Gasteiger partial charge in [0.2, 0.25) is 17.6 Å². The standard InChI is InChI=1S/C33H49N5O5/c1-24(2)17-18-30(40)38(37(22-25(3)4)31(41)21-29(39)32-34-19-20-35-32)28(16-10-15-26-11-8-9-12-26)33(42)36-43-23-27-13-6-5-7-14-27/h5-7,13-14,19-20,24-26,28H,8-12,15-18,21-23H2,1-4H3,(H,34,35)(H,36,42)/t28-/m0/s1. The SMILES string of the molecule is CC(C)CCC(=O)N([C@@H](CCCC1CCCC1)C(=O)NOCc1ccccc1)N(CC(C)C)C(=O)CC(=O)c1ncc[nH]1. The summed E-state index contributed by atoms with van der Waals surface area (Å²) >= 11 is 0. The maximum atomic E-state index is 14.0. The van der Waals surface area contributed by atoms with Gasteiger partial charge < -0.3 is 4.98 Å². The topological polar surface area (TPSA) is 125 Å². The van der Waals surface area contributed by atoms with Gasteiger partial charge in [-0.25, -0.2) is 15.5 Å². The number of hydroxylamine groups is 1. The maximum Gasteiger partial charge on any atom is 0.268 e. The molecular formula is C33H49N5O5. The number of hydrazine groups is 1. The van der Waals surface area contributed by atoms with E-state index in [1.165, 1.54) is 48.1 Å². The van der Waals surface area contributed by atoms with Crippen molar-refractivity contribution in [3.63, 3.8) is 0 Å². The number of benzene rings is 1. The molecule has 43 heavy (non-hydrogen) atoms. The number of H-pyrrole nitrogens is 1. The molecule has 1 fully saturated rings. The number of aromatic amines is 1. The minimum atomic E-state index is -0.974. The molecule has 10 nitrogen and oxygen atoms in total. The van der Waals surface area contributed by atoms with Crippen LogP contribution >= 0.6 is 0 Å². The average Bonchev–Trinajstić information content (AvgIpc) is 3.70. The van der Waals surface area contributed by atoms with Crippen molar-refractivity contribution in [1.29, 1.82) is 0 Å². The van der Waals surface area contributed by atoms with Gasteiger partial charge in [0.1, 0.15) is 6.04 Å². The fourth-order valence-corrected chi connectivity index (χ4v) is 5.49. The van der Waals surface area contributed by atoms with E-state index in [2.05, 4.69) is 15.4 Å². The number of nitrogens with zero attached hydrogens (tertiary/aromatic N) is 3. The predicted octanol–water partition coefficient (Wildman–Crippen LogP) is 5.62. The Bertz CT molecular complexity index is 1150. The first-order valence-corrected chi connectivity index (χ1v) is 15.8. The predicted molar refractivity (Wildman–Crippen MR) is 164 cm³/mol. The zero-order valence-electron chi connectivity index (χ0n) is 26.2. The van der Waals surface area contributed by atoms with Crippen molar-refractivity contribution in [2.24, 2.45) is 17.8 Å². The van der Waals surface area contributed by atoms with Gasteiger partial charge in [0, 0.05) is 25.4 Å². The first-order valence-electron chi connectivity index (χ1n) is 15.8. The van der Waals surface area contributed by atoms with Crippen LogP contribution in [0.25, 0.3) is 0 Å². The Morgan fingerprint density at radius 3 is 2.35 bits per heavy atom. The van der Waals surface area contributed by atoms with Crippen LogP contribution in [0.15, 0.2) is 42.7 Å². The van der Waals surface area contributed by atoms with Crippen LogP contribution in [0.2, 0.25) is 0 Å². The number of carbonyl (C=O) groups is 4. The minimum Gasteiger partial charge on any atom is -0.342 e. The van der Waals surface area contributed by atoms with Crippen LogP contribution in [-0.2, 0) is 25.8 Å². The van der Waals surface area contributed by atoms with E-state index in [0.29, 0.717) is 18.8 Å². The number of amides is 3. The van der Waals surface area contributed by atoms with E-state index in [9.17, 15) is 19.2 Å². The molecule has 3 rings (SSSR count). The normalized spacial score (nSPS) is 14.2. The fraction of sp³-hybridized carbons (Fsp3) is 0.606. The molecule has 3 amide bonds. The summed E-state index contributed by atoms with van der Waals surface area (Å²) in [4.78, 5) is 66.8. The lowest BCUT2D eigenvalue weighted by Crippen LogP contribution is -2.60. The highest BCUT2D eigenvalue weighted by Gasteiger charge is 2.37. The third-order valence-electron chi connectivity index (χ3n) is 7.77. The molecular weight excluding hydrogens is 546 g/mol. The third kappa shape index (κ3) is 11.2. The number of hydrogen-bond donors (Lipinski definition) is 2. The summed E-state index contributed by atoms with van der Waals surface area (Å²) in [6.45, 7) is 8.26. The van der Waals surface area contributed by atoms with E-state index >= 15 is 0 Å². The molecule has 0 unspecified atom stereocenters. The minimum absolute atomic E-state index is 0.0282. The molecule has 1 aromatic carbocycles. The number of Topliss-reactive ketones (excluding diaryl/α,β-unsaturated/α-hetero) is 1. The first-order chi connectivity index (χ1) is 20.7. The second-order valence-electron chi connectivity index (χ2n) is 12.4. The van der Waals surface area contributed by atoms with Crippen molar-refractivity contribution in [3.8, 4) is 0 Å². The lowest BCUT2D eigenvalue weighted by atomic mass is 9.97. The molecule has 0 aliphatic heterocycles. The first kappa shape index (κ1) is 34.0. The number of rotatable bonds is 17. The number of nitrogens with one attached hydrogen (secondary N) is 2. The van der Waals surface area contributed by atoms with Crippen molar-refractivity contribution < 1.29 is 24.0 Å². The molecule has 236 valence electrons. The van der Waals surface area contributed by atoms with Gasteiger partial charge in [0.25, 0.3) is 5.91 Å². The lowest BCUT2D eigenvalue weighted by Gasteiger charge is -2.40. The second kappa shape index (κ2) is 17.6. The number of aromatic nitrogens is 2. The largest absolute Gasteiger partial charge is 0.342 e. The molecule has 2 aromatic rings. The van der Waals surface area contributed by atoms with Gasteiger partial charge in [-0.1, -0.05) is 96.6 Å². The molecule has 0 bridgehead atoms. The molecule has 0 radical (unpaired) electrons. The molecule has 1 aliphatic carbocycles. The molecule has 1 aromatic heterocycles. The Labute approximate surface area is 255 Å². The van der Waals surface area contributed by atoms with Crippen LogP contribution in [0.1, 0.15) is 108 Å². The van der Waals surface area contributed by atoms with Crippen LogP contribution in [0, 0.1) is 17.8 Å². The molecule has 0 saturated heterocycles. The van der Waals surface area contributed by atoms with E-state index in [4.69, 9.17) is 4.84 Å². The highest BCUT2D eigenvalue weighted by molar-refractivity contribution is 6.05. The van der Waals surface area contributed by atoms with E-state index in [1.54, 1.807) is 0 Å². The second-order valence-corrected chi connectivity index (χ2v) is 12.4. The number of imidazole rings is 1. The van der Waals surface area contributed by atoms with E-state index in [1.807, 2.05) is 58.0 Å². The summed E-state index contributed by atoms with van der Waals surface area (Å²) in [7, 11) is 0. The fourth-order valence-electron chi connectivity index (χ4n) is 5.49. The van der Waals surface area contributed by atoms with Crippen molar-refractivity contribution in [2.45, 2.75) is 105 Å². The van der Waals surface area contributed by atoms with Gasteiger partial charge in [-0.2, -0.15) is 0 Å². The highest BCUT2D eigenvalue weighted by atomic mass is 16.7. The summed E-state index contributed by atoms with van der Waals surface area (Å²) in [5, 5.41) is 2.65. The Kier molecular flexibility index (Phi) is 13.9. The van der Waals surface area contributed by atoms with E-state index in [0.717, 1.165) is 18.4 Å². The Morgan fingerprint density at radius 1 is 1.00 bits per heavy atom. The van der Waals surface area contributed by atoms with Gasteiger partial charge in [-0.3, -0.25) is 29.0 Å². The Balaban J connectivity index is 1.89. The smallest absolute Gasteiger partial charge is 0.268 e. The Morgan fingerprint density at radius 2 is 1.72 bits per heavy atom. The van der Waals surface area contributed by atoms with Crippen LogP contribution in [0.3, 0.4) is 0 Å². The molecule has 2 N–H and O–H groups in total. The molecule has 0 spiro atoms. The zero-order chi connectivity index (χ0) is 31.2. The van der Waals surface area contributed by atoms with Crippen LogP contribution in [0.5, 0.6) is 0 Å². The van der Waals surface area contributed by atoms with Gasteiger partial charge in [-0.05, 0) is 36.2 Å². The van der Waals surface area contributed by atoms with Crippen molar-refractivity contribution >= 4 is 23.5 Å². The van der Waals surface area contributed by atoms with Crippen molar-refractivity contribution in [3.05, 3.63) is 54.1 Å². The average molecular weight is 596 g/mol. The molecule has 1 atom stereocenters. The van der Waals surface area contributed by atoms with Crippen LogP contribution in [-0.4, -0.2) is 56.1 Å². The van der Waals surface area contributed by atoms with Crippen LogP contribution < -0.4 is 5.48 Å². The molecule has 1 saturated carbocycles. The summed E-state index contributed by atoms with van der Waals surface area (Å²) in [5.41, 5.74) is 3.45. The Hall–Kier alpha value is -3.53. The number of ketones is 1. The van der Waals surface area contributed by atoms with E-state index < -0.39 is 30.1 Å². The third-order valence-corrected chi connectivity index (χ3v) is 7.77. The van der Waals surface area contributed by atoms with Gasteiger partial charge in [0.05, 0.1) is 13.0 Å². The van der Waals surface area contributed by atoms with Crippen molar-refractivity contribution in [2.75, 3.05) is 6.54 Å². The van der Waals surface area contributed by atoms with Gasteiger partial charge in [-0.15, -0.1) is 0 Å². The van der Waals surface area contributed by atoms with Gasteiger partial charge in [0.15, 0.2) is 5.82 Å². The summed E-state index contributed by atoms with van der Waals surface area (Å²) in [6.07, 6.45) is 10.1. The summed E-state index contributed by atoms with van der Waals surface area (Å²) < 4.78 is 0. The lowest BCUT2D eigenvalue weighted by molar-refractivity contribution is -0.176. The summed E-state index contributed by atoms with van der Waals surface area (Å²) in [5.74, 6) is -0.919. The monoisotopic (exact) mass is 595 g/mol. The summed E-state index contributed by atoms with van der Waals surface area (Å²) in [6, 6.07) is 8.50. The molecule has 1 heterocycles. The number of carbonyl (C=O) groups excluding carboxylic acids is 4. The maximum absolute atomic E-state index is 14.0. The van der Waals surface area contributed by atoms with Gasteiger partial charge >= 0.3 is 0 Å².